The zero-order valence-corrected chi connectivity index (χ0v) is 20.0. The summed E-state index contributed by atoms with van der Waals surface area (Å²) in [6.45, 7) is 14.4. The largest absolute Gasteiger partial charge is 0.299 e. The Labute approximate surface area is 190 Å². The molecule has 2 nitrogen and oxygen atoms in total. The molecule has 0 atom stereocenters. The first kappa shape index (κ1) is 22.6. The average molecular weight is 419 g/mol. The summed E-state index contributed by atoms with van der Waals surface area (Å²) in [5.74, 6) is 1.72. The van der Waals surface area contributed by atoms with Crippen LogP contribution in [0.2, 0.25) is 0 Å². The van der Waals surface area contributed by atoms with Crippen molar-refractivity contribution in [2.75, 3.05) is 26.2 Å². The lowest BCUT2D eigenvalue weighted by molar-refractivity contribution is 0.108. The maximum atomic E-state index is 2.66. The minimum Gasteiger partial charge on any atom is -0.299 e. The molecular weight excluding hydrogens is 376 g/mol. The van der Waals surface area contributed by atoms with Crippen molar-refractivity contribution in [2.45, 2.75) is 66.0 Å². The van der Waals surface area contributed by atoms with Crippen LogP contribution in [-0.4, -0.2) is 36.0 Å². The number of rotatable bonds is 6. The van der Waals surface area contributed by atoms with Crippen LogP contribution in [0.25, 0.3) is 0 Å². The lowest BCUT2D eigenvalue weighted by atomic mass is 9.75. The third kappa shape index (κ3) is 6.67. The Balaban J connectivity index is 1.23. The van der Waals surface area contributed by atoms with Crippen LogP contribution >= 0.6 is 0 Å². The van der Waals surface area contributed by atoms with Crippen LogP contribution in [0, 0.1) is 17.3 Å². The van der Waals surface area contributed by atoms with Crippen molar-refractivity contribution in [2.24, 2.45) is 17.3 Å². The molecule has 2 aliphatic heterocycles. The van der Waals surface area contributed by atoms with Crippen molar-refractivity contribution in [1.82, 2.24) is 9.80 Å². The normalized spacial score (nSPS) is 20.2. The topological polar surface area (TPSA) is 6.48 Å². The molecule has 2 saturated heterocycles. The van der Waals surface area contributed by atoms with E-state index in [9.17, 15) is 0 Å². The Hall–Kier alpha value is -1.64. The van der Waals surface area contributed by atoms with Crippen LogP contribution in [0.4, 0.5) is 0 Å². The van der Waals surface area contributed by atoms with Gasteiger partial charge >= 0.3 is 0 Å². The Morgan fingerprint density at radius 2 is 1.19 bits per heavy atom. The summed E-state index contributed by atoms with van der Waals surface area (Å²) < 4.78 is 0. The molecule has 0 bridgehead atoms. The van der Waals surface area contributed by atoms with Gasteiger partial charge < -0.3 is 0 Å². The molecule has 0 spiro atoms. The van der Waals surface area contributed by atoms with E-state index in [-0.39, 0.29) is 0 Å². The number of nitrogens with zero attached hydrogens (tertiary/aromatic N) is 2. The number of hydrogen-bond donors (Lipinski definition) is 0. The second kappa shape index (κ2) is 10.3. The lowest BCUT2D eigenvalue weighted by Crippen LogP contribution is -2.37. The highest BCUT2D eigenvalue weighted by Crippen LogP contribution is 2.34. The van der Waals surface area contributed by atoms with Crippen molar-refractivity contribution in [3.63, 3.8) is 0 Å². The highest BCUT2D eigenvalue weighted by atomic mass is 15.1. The molecular formula is C29H42N2. The standard InChI is InChI=1S/C29H42N2/c1-29(2,3)28-14-18-31(19-15-28)23-27-11-7-10-26(21-27)22-30-16-12-25(13-17-30)20-24-8-5-4-6-9-24/h4-11,21,25,28H,12-20,22-23H2,1-3H3. The minimum absolute atomic E-state index is 0.459. The summed E-state index contributed by atoms with van der Waals surface area (Å²) in [4.78, 5) is 5.33. The van der Waals surface area contributed by atoms with Gasteiger partial charge in [0, 0.05) is 13.1 Å². The van der Waals surface area contributed by atoms with E-state index in [0.717, 1.165) is 24.9 Å². The van der Waals surface area contributed by atoms with Crippen LogP contribution in [0.3, 0.4) is 0 Å². The molecule has 2 aromatic carbocycles. The van der Waals surface area contributed by atoms with E-state index in [0.29, 0.717) is 5.41 Å². The fraction of sp³-hybridized carbons (Fsp3) is 0.586. The van der Waals surface area contributed by atoms with E-state index in [1.54, 1.807) is 0 Å². The first-order valence-electron chi connectivity index (χ1n) is 12.5. The predicted molar refractivity (Wildman–Crippen MR) is 132 cm³/mol. The van der Waals surface area contributed by atoms with Crippen molar-refractivity contribution in [3.8, 4) is 0 Å². The monoisotopic (exact) mass is 418 g/mol. The van der Waals surface area contributed by atoms with E-state index >= 15 is 0 Å². The van der Waals surface area contributed by atoms with Gasteiger partial charge in [-0.25, -0.2) is 0 Å². The van der Waals surface area contributed by atoms with Gasteiger partial charge in [-0.2, -0.15) is 0 Å². The molecule has 0 aromatic heterocycles. The van der Waals surface area contributed by atoms with Gasteiger partial charge in [-0.3, -0.25) is 9.80 Å². The van der Waals surface area contributed by atoms with Gasteiger partial charge in [0.15, 0.2) is 0 Å². The van der Waals surface area contributed by atoms with Crippen molar-refractivity contribution < 1.29 is 0 Å². The van der Waals surface area contributed by atoms with Gasteiger partial charge in [0.05, 0.1) is 0 Å². The Morgan fingerprint density at radius 1 is 0.677 bits per heavy atom. The zero-order chi connectivity index (χ0) is 21.7. The molecule has 2 fully saturated rings. The Bertz CT molecular complexity index is 791. The molecule has 2 aromatic rings. The van der Waals surface area contributed by atoms with E-state index in [1.165, 1.54) is 75.0 Å². The molecule has 0 saturated carbocycles. The summed E-state index contributed by atoms with van der Waals surface area (Å²) in [6.07, 6.45) is 6.60. The van der Waals surface area contributed by atoms with Crippen LogP contribution in [0.1, 0.15) is 63.1 Å². The summed E-state index contributed by atoms with van der Waals surface area (Å²) in [7, 11) is 0. The van der Waals surface area contributed by atoms with E-state index in [2.05, 4.69) is 85.2 Å². The van der Waals surface area contributed by atoms with Gasteiger partial charge in [0.1, 0.15) is 0 Å². The molecule has 0 amide bonds. The van der Waals surface area contributed by atoms with Gasteiger partial charge in [0.2, 0.25) is 0 Å². The summed E-state index contributed by atoms with van der Waals surface area (Å²) >= 11 is 0. The first-order valence-corrected chi connectivity index (χ1v) is 12.5. The number of piperidine rings is 2. The van der Waals surface area contributed by atoms with E-state index in [4.69, 9.17) is 0 Å². The molecule has 0 radical (unpaired) electrons. The number of hydrogen-bond acceptors (Lipinski definition) is 2. The molecule has 168 valence electrons. The van der Waals surface area contributed by atoms with Crippen molar-refractivity contribution in [1.29, 1.82) is 0 Å². The number of benzene rings is 2. The van der Waals surface area contributed by atoms with Gasteiger partial charge in [-0.15, -0.1) is 0 Å². The zero-order valence-electron chi connectivity index (χ0n) is 20.0. The smallest absolute Gasteiger partial charge is 0.0233 e. The fourth-order valence-electron chi connectivity index (χ4n) is 5.60. The van der Waals surface area contributed by atoms with E-state index in [1.807, 2.05) is 0 Å². The summed E-state index contributed by atoms with van der Waals surface area (Å²) in [5, 5.41) is 0. The fourth-order valence-corrected chi connectivity index (χ4v) is 5.60. The molecule has 2 heterocycles. The van der Waals surface area contributed by atoms with Crippen LogP contribution in [-0.2, 0) is 19.5 Å². The van der Waals surface area contributed by atoms with Crippen molar-refractivity contribution >= 4 is 0 Å². The molecule has 31 heavy (non-hydrogen) atoms. The third-order valence-corrected chi connectivity index (χ3v) is 7.69. The van der Waals surface area contributed by atoms with Gasteiger partial charge in [-0.1, -0.05) is 75.4 Å². The van der Waals surface area contributed by atoms with Gasteiger partial charge in [0.25, 0.3) is 0 Å². The second-order valence-corrected chi connectivity index (χ2v) is 11.1. The lowest BCUT2D eigenvalue weighted by Gasteiger charge is -2.38. The minimum atomic E-state index is 0.459. The van der Waals surface area contributed by atoms with Gasteiger partial charge in [-0.05, 0) is 92.2 Å². The second-order valence-electron chi connectivity index (χ2n) is 11.1. The molecule has 0 aliphatic carbocycles. The predicted octanol–water partition coefficient (Wildman–Crippen LogP) is 6.40. The highest BCUT2D eigenvalue weighted by Gasteiger charge is 2.28. The first-order chi connectivity index (χ1) is 15.0. The van der Waals surface area contributed by atoms with Crippen molar-refractivity contribution in [3.05, 3.63) is 71.3 Å². The average Bonchev–Trinajstić information content (AvgIpc) is 2.76. The summed E-state index contributed by atoms with van der Waals surface area (Å²) in [5.41, 5.74) is 4.94. The molecule has 2 heteroatoms. The molecule has 4 rings (SSSR count). The molecule has 0 unspecified atom stereocenters. The van der Waals surface area contributed by atoms with Crippen LogP contribution < -0.4 is 0 Å². The maximum absolute atomic E-state index is 2.66. The molecule has 2 aliphatic rings. The Morgan fingerprint density at radius 3 is 1.74 bits per heavy atom. The van der Waals surface area contributed by atoms with E-state index < -0.39 is 0 Å². The third-order valence-electron chi connectivity index (χ3n) is 7.69. The SMILES string of the molecule is CC(C)(C)C1CCN(Cc2cccc(CN3CCC(Cc4ccccc4)CC3)c2)CC1. The maximum Gasteiger partial charge on any atom is 0.0233 e. The number of likely N-dealkylation sites (tertiary alicyclic amines) is 2. The highest BCUT2D eigenvalue weighted by molar-refractivity contribution is 5.23. The van der Waals surface area contributed by atoms with Crippen LogP contribution in [0.15, 0.2) is 54.6 Å². The molecule has 0 N–H and O–H groups in total. The Kier molecular flexibility index (Phi) is 7.51. The quantitative estimate of drug-likeness (QED) is 0.535. The summed E-state index contributed by atoms with van der Waals surface area (Å²) in [6, 6.07) is 20.4. The van der Waals surface area contributed by atoms with Crippen LogP contribution in [0.5, 0.6) is 0 Å².